The number of hydrogen-bond acceptors (Lipinski definition) is 2. The first kappa shape index (κ1) is 9.97. The SMILES string of the molecule is CC1CCC(N2CCNCC2=O)C1C. The van der Waals surface area contributed by atoms with E-state index in [1.54, 1.807) is 0 Å². The Morgan fingerprint density at radius 3 is 2.71 bits per heavy atom. The fourth-order valence-corrected chi connectivity index (χ4v) is 2.75. The molecule has 1 aliphatic heterocycles. The lowest BCUT2D eigenvalue weighted by Gasteiger charge is -2.35. The van der Waals surface area contributed by atoms with Crippen LogP contribution < -0.4 is 5.32 Å². The van der Waals surface area contributed by atoms with E-state index in [-0.39, 0.29) is 0 Å². The summed E-state index contributed by atoms with van der Waals surface area (Å²) in [6.07, 6.45) is 2.48. The van der Waals surface area contributed by atoms with Crippen LogP contribution in [0.25, 0.3) is 0 Å². The van der Waals surface area contributed by atoms with Crippen LogP contribution in [-0.4, -0.2) is 36.5 Å². The van der Waals surface area contributed by atoms with Crippen LogP contribution in [0.2, 0.25) is 0 Å². The van der Waals surface area contributed by atoms with Gasteiger partial charge in [0.15, 0.2) is 0 Å². The molecule has 0 radical (unpaired) electrons. The van der Waals surface area contributed by atoms with Crippen molar-refractivity contribution in [3.8, 4) is 0 Å². The number of nitrogens with one attached hydrogen (secondary N) is 1. The van der Waals surface area contributed by atoms with E-state index in [4.69, 9.17) is 0 Å². The Bertz CT molecular complexity index is 229. The third-order valence-electron chi connectivity index (χ3n) is 3.95. The second kappa shape index (κ2) is 3.89. The molecule has 0 aromatic rings. The van der Waals surface area contributed by atoms with Crippen LogP contribution >= 0.6 is 0 Å². The maximum atomic E-state index is 11.7. The number of rotatable bonds is 1. The average molecular weight is 196 g/mol. The van der Waals surface area contributed by atoms with Crippen LogP contribution in [0.4, 0.5) is 0 Å². The molecule has 3 heteroatoms. The van der Waals surface area contributed by atoms with E-state index >= 15 is 0 Å². The zero-order valence-electron chi connectivity index (χ0n) is 9.12. The van der Waals surface area contributed by atoms with Crippen LogP contribution in [0, 0.1) is 11.8 Å². The van der Waals surface area contributed by atoms with Gasteiger partial charge in [0.1, 0.15) is 0 Å². The molecule has 0 aromatic heterocycles. The molecule has 2 aliphatic rings. The molecule has 3 unspecified atom stereocenters. The van der Waals surface area contributed by atoms with E-state index in [0.717, 1.165) is 19.0 Å². The highest BCUT2D eigenvalue weighted by atomic mass is 16.2. The molecule has 0 bridgehead atoms. The second-order valence-electron chi connectivity index (χ2n) is 4.75. The number of carbonyl (C=O) groups is 1. The van der Waals surface area contributed by atoms with Gasteiger partial charge in [-0.25, -0.2) is 0 Å². The molecule has 14 heavy (non-hydrogen) atoms. The third-order valence-corrected chi connectivity index (χ3v) is 3.95. The van der Waals surface area contributed by atoms with Gasteiger partial charge < -0.3 is 10.2 Å². The zero-order valence-corrected chi connectivity index (χ0v) is 9.12. The Morgan fingerprint density at radius 2 is 2.14 bits per heavy atom. The van der Waals surface area contributed by atoms with E-state index < -0.39 is 0 Å². The standard InChI is InChI=1S/C11H20N2O/c1-8-3-4-10(9(8)2)13-6-5-12-7-11(13)14/h8-10,12H,3-7H2,1-2H3. The molecule has 0 aromatic carbocycles. The van der Waals surface area contributed by atoms with Crippen molar-refractivity contribution in [2.45, 2.75) is 32.7 Å². The number of piperazine rings is 1. The fourth-order valence-electron chi connectivity index (χ4n) is 2.75. The molecule has 1 saturated heterocycles. The second-order valence-corrected chi connectivity index (χ2v) is 4.75. The Morgan fingerprint density at radius 1 is 1.36 bits per heavy atom. The summed E-state index contributed by atoms with van der Waals surface area (Å²) in [6, 6.07) is 0.514. The molecule has 1 N–H and O–H groups in total. The molecule has 80 valence electrons. The number of carbonyl (C=O) groups excluding carboxylic acids is 1. The van der Waals surface area contributed by atoms with E-state index in [9.17, 15) is 4.79 Å². The smallest absolute Gasteiger partial charge is 0.236 e. The monoisotopic (exact) mass is 196 g/mol. The largest absolute Gasteiger partial charge is 0.337 e. The molecule has 0 spiro atoms. The van der Waals surface area contributed by atoms with Gasteiger partial charge in [0.05, 0.1) is 6.54 Å². The predicted octanol–water partition coefficient (Wildman–Crippen LogP) is 0.853. The third kappa shape index (κ3) is 1.65. The topological polar surface area (TPSA) is 32.3 Å². The van der Waals surface area contributed by atoms with Gasteiger partial charge in [-0.15, -0.1) is 0 Å². The van der Waals surface area contributed by atoms with Crippen molar-refractivity contribution < 1.29 is 4.79 Å². The van der Waals surface area contributed by atoms with E-state index in [1.165, 1.54) is 12.8 Å². The van der Waals surface area contributed by atoms with Crippen molar-refractivity contribution in [2.24, 2.45) is 11.8 Å². The molecule has 1 saturated carbocycles. The Hall–Kier alpha value is -0.570. The summed E-state index contributed by atoms with van der Waals surface area (Å²) in [5.74, 6) is 1.75. The lowest BCUT2D eigenvalue weighted by atomic mass is 9.96. The minimum Gasteiger partial charge on any atom is -0.337 e. The van der Waals surface area contributed by atoms with Crippen molar-refractivity contribution >= 4 is 5.91 Å². The molecular formula is C11H20N2O. The van der Waals surface area contributed by atoms with Crippen molar-refractivity contribution in [3.63, 3.8) is 0 Å². The Balaban J connectivity index is 2.03. The Kier molecular flexibility index (Phi) is 2.77. The normalized spacial score (nSPS) is 39.1. The predicted molar refractivity (Wildman–Crippen MR) is 55.9 cm³/mol. The van der Waals surface area contributed by atoms with Gasteiger partial charge >= 0.3 is 0 Å². The highest BCUT2D eigenvalue weighted by Crippen LogP contribution is 2.34. The van der Waals surface area contributed by atoms with Crippen LogP contribution in [0.1, 0.15) is 26.7 Å². The van der Waals surface area contributed by atoms with Crippen molar-refractivity contribution in [3.05, 3.63) is 0 Å². The molecule has 1 heterocycles. The zero-order chi connectivity index (χ0) is 10.1. The molecule has 2 rings (SSSR count). The molecule has 2 fully saturated rings. The van der Waals surface area contributed by atoms with E-state index in [0.29, 0.717) is 24.4 Å². The van der Waals surface area contributed by atoms with Crippen LogP contribution in [-0.2, 0) is 4.79 Å². The lowest BCUT2D eigenvalue weighted by molar-refractivity contribution is -0.135. The first-order chi connectivity index (χ1) is 6.70. The van der Waals surface area contributed by atoms with Gasteiger partial charge in [0.2, 0.25) is 5.91 Å². The molecule has 1 amide bonds. The summed E-state index contributed by atoms with van der Waals surface area (Å²) in [7, 11) is 0. The van der Waals surface area contributed by atoms with Crippen LogP contribution in [0.5, 0.6) is 0 Å². The van der Waals surface area contributed by atoms with Crippen molar-refractivity contribution in [2.75, 3.05) is 19.6 Å². The van der Waals surface area contributed by atoms with E-state index in [2.05, 4.69) is 24.1 Å². The molecule has 3 atom stereocenters. The lowest BCUT2D eigenvalue weighted by Crippen LogP contribution is -2.53. The summed E-state index contributed by atoms with van der Waals surface area (Å²) in [5.41, 5.74) is 0. The van der Waals surface area contributed by atoms with E-state index in [1.807, 2.05) is 0 Å². The van der Waals surface area contributed by atoms with Gasteiger partial charge in [-0.05, 0) is 24.7 Å². The summed E-state index contributed by atoms with van der Waals surface area (Å²) in [4.78, 5) is 13.8. The van der Waals surface area contributed by atoms with Gasteiger partial charge in [-0.3, -0.25) is 4.79 Å². The first-order valence-electron chi connectivity index (χ1n) is 5.70. The quantitative estimate of drug-likeness (QED) is 0.674. The van der Waals surface area contributed by atoms with Gasteiger partial charge in [0.25, 0.3) is 0 Å². The van der Waals surface area contributed by atoms with Crippen LogP contribution in [0.15, 0.2) is 0 Å². The Labute approximate surface area is 85.8 Å². The maximum Gasteiger partial charge on any atom is 0.236 e. The average Bonchev–Trinajstić information content (AvgIpc) is 2.49. The van der Waals surface area contributed by atoms with Crippen LogP contribution in [0.3, 0.4) is 0 Å². The van der Waals surface area contributed by atoms with Gasteiger partial charge in [0, 0.05) is 19.1 Å². The fraction of sp³-hybridized carbons (Fsp3) is 0.909. The first-order valence-corrected chi connectivity index (χ1v) is 5.70. The highest BCUT2D eigenvalue weighted by Gasteiger charge is 2.36. The van der Waals surface area contributed by atoms with Gasteiger partial charge in [-0.2, -0.15) is 0 Å². The summed E-state index contributed by atoms with van der Waals surface area (Å²) in [5, 5.41) is 3.12. The summed E-state index contributed by atoms with van der Waals surface area (Å²) >= 11 is 0. The summed E-state index contributed by atoms with van der Waals surface area (Å²) in [6.45, 7) is 7.00. The number of hydrogen-bond donors (Lipinski definition) is 1. The minimum absolute atomic E-state index is 0.294. The van der Waals surface area contributed by atoms with Gasteiger partial charge in [-0.1, -0.05) is 13.8 Å². The molecular weight excluding hydrogens is 176 g/mol. The number of nitrogens with zero attached hydrogens (tertiary/aromatic N) is 1. The minimum atomic E-state index is 0.294. The highest BCUT2D eigenvalue weighted by molar-refractivity contribution is 5.79. The summed E-state index contributed by atoms with van der Waals surface area (Å²) < 4.78 is 0. The molecule has 1 aliphatic carbocycles. The van der Waals surface area contributed by atoms with Crippen molar-refractivity contribution in [1.29, 1.82) is 0 Å². The van der Waals surface area contributed by atoms with Crippen molar-refractivity contribution in [1.82, 2.24) is 10.2 Å². The number of amides is 1. The molecule has 3 nitrogen and oxygen atoms in total. The maximum absolute atomic E-state index is 11.7.